The quantitative estimate of drug-likeness (QED) is 0.588. The Kier molecular flexibility index (Phi) is 8.37. The Bertz CT molecular complexity index is 750. The zero-order chi connectivity index (χ0) is 20.5. The summed E-state index contributed by atoms with van der Waals surface area (Å²) in [6, 6.07) is 14.2. The van der Waals surface area contributed by atoms with Gasteiger partial charge in [0.1, 0.15) is 11.5 Å². The molecule has 0 aromatic heterocycles. The molecule has 1 atom stereocenters. The van der Waals surface area contributed by atoms with E-state index < -0.39 is 6.10 Å². The molecule has 0 heterocycles. The molecule has 2 rings (SSSR count). The molecule has 28 heavy (non-hydrogen) atoms. The van der Waals surface area contributed by atoms with Gasteiger partial charge in [-0.3, -0.25) is 4.79 Å². The van der Waals surface area contributed by atoms with Gasteiger partial charge in [0.05, 0.1) is 6.10 Å². The molecule has 2 aromatic rings. The molecule has 0 unspecified atom stereocenters. The molecule has 0 saturated heterocycles. The molecule has 0 aliphatic heterocycles. The average molecular weight is 384 g/mol. The van der Waals surface area contributed by atoms with Gasteiger partial charge >= 0.3 is 0 Å². The number of carbonyl (C=O) groups excluding carboxylic acids is 1. The van der Waals surface area contributed by atoms with Gasteiger partial charge < -0.3 is 14.8 Å². The van der Waals surface area contributed by atoms with E-state index >= 15 is 0 Å². The van der Waals surface area contributed by atoms with Crippen LogP contribution in [0.5, 0.6) is 11.5 Å². The predicted molar refractivity (Wildman–Crippen MR) is 114 cm³/mol. The summed E-state index contributed by atoms with van der Waals surface area (Å²) >= 11 is 0. The number of benzene rings is 2. The second-order valence-corrected chi connectivity index (χ2v) is 7.55. The van der Waals surface area contributed by atoms with Crippen molar-refractivity contribution in [1.82, 2.24) is 5.32 Å². The van der Waals surface area contributed by atoms with E-state index in [1.54, 1.807) is 0 Å². The highest BCUT2D eigenvalue weighted by atomic mass is 16.5. The van der Waals surface area contributed by atoms with Crippen molar-refractivity contribution < 1.29 is 14.3 Å². The average Bonchev–Trinajstić information content (AvgIpc) is 2.62. The Hall–Kier alpha value is -2.49. The topological polar surface area (TPSA) is 47.6 Å². The maximum atomic E-state index is 12.5. The number of amides is 1. The van der Waals surface area contributed by atoms with Crippen LogP contribution in [-0.2, 0) is 11.2 Å². The molecule has 2 aromatic carbocycles. The fourth-order valence-corrected chi connectivity index (χ4v) is 3.15. The van der Waals surface area contributed by atoms with Crippen LogP contribution in [0.3, 0.4) is 0 Å². The van der Waals surface area contributed by atoms with Gasteiger partial charge in [-0.1, -0.05) is 25.1 Å². The highest BCUT2D eigenvalue weighted by Crippen LogP contribution is 2.19. The van der Waals surface area contributed by atoms with E-state index in [0.717, 1.165) is 35.5 Å². The first-order valence-electron chi connectivity index (χ1n) is 10.2. The molecule has 152 valence electrons. The number of hydrogen-bond donors (Lipinski definition) is 1. The number of nitrogens with one attached hydrogen (secondary N) is 1. The second kappa shape index (κ2) is 10.7. The van der Waals surface area contributed by atoms with E-state index in [9.17, 15) is 4.79 Å². The van der Waals surface area contributed by atoms with Gasteiger partial charge in [0, 0.05) is 6.54 Å². The molecule has 0 radical (unpaired) electrons. The summed E-state index contributed by atoms with van der Waals surface area (Å²) in [5, 5.41) is 3.01. The lowest BCUT2D eigenvalue weighted by molar-refractivity contribution is -0.128. The van der Waals surface area contributed by atoms with Crippen LogP contribution < -0.4 is 14.8 Å². The van der Waals surface area contributed by atoms with Crippen molar-refractivity contribution in [2.24, 2.45) is 0 Å². The number of hydrogen-bond acceptors (Lipinski definition) is 3. The SMILES string of the molecule is CC[C@@H](Oc1cc(C)cc(C)c1)C(=O)NCCCc1cccc(OC(C)C)c1. The molecular weight excluding hydrogens is 350 g/mol. The van der Waals surface area contributed by atoms with Crippen LogP contribution in [0.2, 0.25) is 0 Å². The normalized spacial score (nSPS) is 11.9. The Balaban J connectivity index is 1.80. The summed E-state index contributed by atoms with van der Waals surface area (Å²) < 4.78 is 11.7. The van der Waals surface area contributed by atoms with Crippen molar-refractivity contribution in [2.75, 3.05) is 6.54 Å². The van der Waals surface area contributed by atoms with Crippen molar-refractivity contribution in [3.05, 3.63) is 59.2 Å². The standard InChI is InChI=1S/C24H33NO3/c1-6-23(28-22-14-18(4)13-19(5)15-22)24(26)25-12-8-10-20-9-7-11-21(16-20)27-17(2)3/h7,9,11,13-17,23H,6,8,10,12H2,1-5H3,(H,25,26)/t23-/m1/s1. The molecule has 0 bridgehead atoms. The second-order valence-electron chi connectivity index (χ2n) is 7.55. The van der Waals surface area contributed by atoms with Crippen molar-refractivity contribution >= 4 is 5.91 Å². The van der Waals surface area contributed by atoms with Crippen LogP contribution in [0.25, 0.3) is 0 Å². The summed E-state index contributed by atoms with van der Waals surface area (Å²) in [5.41, 5.74) is 3.48. The first-order chi connectivity index (χ1) is 13.4. The number of aryl methyl sites for hydroxylation is 3. The Morgan fingerprint density at radius 1 is 1.00 bits per heavy atom. The summed E-state index contributed by atoms with van der Waals surface area (Å²) in [6.45, 7) is 10.7. The minimum absolute atomic E-state index is 0.0569. The first kappa shape index (κ1) is 21.8. The third kappa shape index (κ3) is 7.26. The maximum absolute atomic E-state index is 12.5. The highest BCUT2D eigenvalue weighted by Gasteiger charge is 2.18. The van der Waals surface area contributed by atoms with Crippen LogP contribution in [0, 0.1) is 13.8 Å². The summed E-state index contributed by atoms with van der Waals surface area (Å²) in [5.74, 6) is 1.59. The lowest BCUT2D eigenvalue weighted by Gasteiger charge is -2.18. The summed E-state index contributed by atoms with van der Waals surface area (Å²) in [7, 11) is 0. The summed E-state index contributed by atoms with van der Waals surface area (Å²) in [6.07, 6.45) is 2.09. The molecule has 1 amide bonds. The van der Waals surface area contributed by atoms with Crippen LogP contribution in [0.15, 0.2) is 42.5 Å². The van der Waals surface area contributed by atoms with Crippen LogP contribution >= 0.6 is 0 Å². The molecule has 0 fully saturated rings. The van der Waals surface area contributed by atoms with E-state index in [4.69, 9.17) is 9.47 Å². The van der Waals surface area contributed by atoms with Crippen LogP contribution in [-0.4, -0.2) is 24.7 Å². The molecule has 0 saturated carbocycles. The van der Waals surface area contributed by atoms with E-state index in [0.29, 0.717) is 13.0 Å². The lowest BCUT2D eigenvalue weighted by Crippen LogP contribution is -2.38. The zero-order valence-corrected chi connectivity index (χ0v) is 17.7. The van der Waals surface area contributed by atoms with Crippen molar-refractivity contribution in [1.29, 1.82) is 0 Å². The monoisotopic (exact) mass is 383 g/mol. The largest absolute Gasteiger partial charge is 0.491 e. The number of rotatable bonds is 10. The van der Waals surface area contributed by atoms with Gasteiger partial charge in [-0.05, 0) is 87.9 Å². The molecule has 0 aliphatic carbocycles. The lowest BCUT2D eigenvalue weighted by atomic mass is 10.1. The maximum Gasteiger partial charge on any atom is 0.261 e. The Morgan fingerprint density at radius 2 is 1.71 bits per heavy atom. The molecule has 0 aliphatic rings. The fraction of sp³-hybridized carbons (Fsp3) is 0.458. The zero-order valence-electron chi connectivity index (χ0n) is 17.7. The van der Waals surface area contributed by atoms with E-state index in [1.807, 2.05) is 58.9 Å². The van der Waals surface area contributed by atoms with Crippen molar-refractivity contribution in [3.63, 3.8) is 0 Å². The molecule has 4 heteroatoms. The first-order valence-corrected chi connectivity index (χ1v) is 10.2. The van der Waals surface area contributed by atoms with Gasteiger partial charge in [0.25, 0.3) is 5.91 Å². The smallest absolute Gasteiger partial charge is 0.261 e. The van der Waals surface area contributed by atoms with E-state index in [-0.39, 0.29) is 12.0 Å². The Morgan fingerprint density at radius 3 is 2.36 bits per heavy atom. The predicted octanol–water partition coefficient (Wildman–Crippen LogP) is 5.00. The third-order valence-electron chi connectivity index (χ3n) is 4.35. The van der Waals surface area contributed by atoms with E-state index in [2.05, 4.69) is 23.5 Å². The van der Waals surface area contributed by atoms with Gasteiger partial charge in [0.15, 0.2) is 6.10 Å². The third-order valence-corrected chi connectivity index (χ3v) is 4.35. The van der Waals surface area contributed by atoms with Crippen LogP contribution in [0.4, 0.5) is 0 Å². The molecule has 1 N–H and O–H groups in total. The molecule has 4 nitrogen and oxygen atoms in total. The van der Waals surface area contributed by atoms with Crippen LogP contribution in [0.1, 0.15) is 50.3 Å². The van der Waals surface area contributed by atoms with Crippen molar-refractivity contribution in [3.8, 4) is 11.5 Å². The van der Waals surface area contributed by atoms with Gasteiger partial charge in [0.2, 0.25) is 0 Å². The van der Waals surface area contributed by atoms with E-state index in [1.165, 1.54) is 5.56 Å². The Labute approximate surface area is 169 Å². The fourth-order valence-electron chi connectivity index (χ4n) is 3.15. The minimum atomic E-state index is -0.469. The van der Waals surface area contributed by atoms with Crippen molar-refractivity contribution in [2.45, 2.75) is 66.1 Å². The molecule has 0 spiro atoms. The highest BCUT2D eigenvalue weighted by molar-refractivity contribution is 5.81. The molecular formula is C24H33NO3. The number of carbonyl (C=O) groups is 1. The summed E-state index contributed by atoms with van der Waals surface area (Å²) in [4.78, 5) is 12.5. The minimum Gasteiger partial charge on any atom is -0.491 e. The number of ether oxygens (including phenoxy) is 2. The van der Waals surface area contributed by atoms with Gasteiger partial charge in [-0.2, -0.15) is 0 Å². The van der Waals surface area contributed by atoms with Gasteiger partial charge in [-0.25, -0.2) is 0 Å². The van der Waals surface area contributed by atoms with Gasteiger partial charge in [-0.15, -0.1) is 0 Å².